The molecule has 4 nitrogen and oxygen atoms in total. The number of aliphatic hydroxyl groups excluding tert-OH is 1. The Kier molecular flexibility index (Phi) is 4.29. The summed E-state index contributed by atoms with van der Waals surface area (Å²) in [5.41, 5.74) is 0.609. The van der Waals surface area contributed by atoms with Gasteiger partial charge < -0.3 is 14.7 Å². The zero-order valence-corrected chi connectivity index (χ0v) is 12.5. The van der Waals surface area contributed by atoms with Gasteiger partial charge in [0, 0.05) is 18.5 Å². The Hall–Kier alpha value is -2.07. The summed E-state index contributed by atoms with van der Waals surface area (Å²) in [4.78, 5) is 13.9. The third-order valence-corrected chi connectivity index (χ3v) is 4.41. The molecule has 1 aliphatic heterocycles. The van der Waals surface area contributed by atoms with Gasteiger partial charge in [-0.15, -0.1) is 0 Å². The van der Waals surface area contributed by atoms with E-state index < -0.39 is 6.10 Å². The fourth-order valence-corrected chi connectivity index (χ4v) is 3.08. The third kappa shape index (κ3) is 3.07. The molecular weight excluding hydrogens is 278 g/mol. The topological polar surface area (TPSA) is 49.8 Å². The highest BCUT2D eigenvalue weighted by Crippen LogP contribution is 2.37. The molecule has 0 bridgehead atoms. The molecule has 1 amide bonds. The Morgan fingerprint density at radius 2 is 2.09 bits per heavy atom. The van der Waals surface area contributed by atoms with Gasteiger partial charge in [-0.25, -0.2) is 4.79 Å². The molecule has 0 saturated carbocycles. The third-order valence-electron chi connectivity index (χ3n) is 4.41. The summed E-state index contributed by atoms with van der Waals surface area (Å²) in [6.07, 6.45) is 8.71. The Bertz CT molecular complexity index is 581. The van der Waals surface area contributed by atoms with Crippen molar-refractivity contribution in [3.63, 3.8) is 0 Å². The first-order valence-electron chi connectivity index (χ1n) is 7.66. The van der Waals surface area contributed by atoms with Crippen LogP contribution < -0.4 is 0 Å². The van der Waals surface area contributed by atoms with Crippen molar-refractivity contribution in [1.82, 2.24) is 4.90 Å². The predicted octanol–water partition coefficient (Wildman–Crippen LogP) is 2.89. The lowest BCUT2D eigenvalue weighted by molar-refractivity contribution is 0.0190. The summed E-state index contributed by atoms with van der Waals surface area (Å²) in [7, 11) is 0. The van der Waals surface area contributed by atoms with E-state index in [4.69, 9.17) is 4.74 Å². The van der Waals surface area contributed by atoms with Crippen molar-refractivity contribution in [3.8, 4) is 0 Å². The minimum absolute atomic E-state index is 0.273. The van der Waals surface area contributed by atoms with Crippen LogP contribution in [0.5, 0.6) is 0 Å². The molecule has 3 rings (SSSR count). The van der Waals surface area contributed by atoms with E-state index in [2.05, 4.69) is 12.2 Å². The second kappa shape index (κ2) is 6.36. The maximum absolute atomic E-state index is 12.3. The van der Waals surface area contributed by atoms with Crippen LogP contribution in [0.3, 0.4) is 0 Å². The monoisotopic (exact) mass is 299 g/mol. The average molecular weight is 299 g/mol. The first kappa shape index (κ1) is 14.9. The van der Waals surface area contributed by atoms with Crippen LogP contribution in [0, 0.1) is 5.41 Å². The Balaban J connectivity index is 1.62. The fraction of sp³-hybridized carbons (Fsp3) is 0.389. The number of carbonyl (C=O) groups excluding carboxylic acids is 1. The maximum atomic E-state index is 12.3. The zero-order valence-electron chi connectivity index (χ0n) is 12.5. The van der Waals surface area contributed by atoms with Gasteiger partial charge in [-0.1, -0.05) is 54.6 Å². The molecule has 22 heavy (non-hydrogen) atoms. The van der Waals surface area contributed by atoms with Gasteiger partial charge in [-0.2, -0.15) is 0 Å². The maximum Gasteiger partial charge on any atom is 0.410 e. The van der Waals surface area contributed by atoms with Crippen LogP contribution in [-0.4, -0.2) is 35.3 Å². The average Bonchev–Trinajstić information content (AvgIpc) is 2.57. The normalized spacial score (nSPS) is 27.1. The fourth-order valence-electron chi connectivity index (χ4n) is 3.08. The summed E-state index contributed by atoms with van der Waals surface area (Å²) in [6.45, 7) is 1.31. The van der Waals surface area contributed by atoms with E-state index in [1.165, 1.54) is 0 Å². The number of aliphatic hydroxyl groups is 1. The molecule has 1 aromatic carbocycles. The number of hydrogen-bond donors (Lipinski definition) is 1. The first-order chi connectivity index (χ1) is 10.7. The lowest BCUT2D eigenvalue weighted by Crippen LogP contribution is -2.49. The van der Waals surface area contributed by atoms with Gasteiger partial charge in [-0.3, -0.25) is 0 Å². The predicted molar refractivity (Wildman–Crippen MR) is 84.2 cm³/mol. The number of benzene rings is 1. The molecule has 0 saturated heterocycles. The number of allylic oxidation sites excluding steroid dienone is 1. The number of carbonyl (C=O) groups is 1. The number of rotatable bonds is 2. The standard InChI is InChI=1S/C18H21NO3/c20-16-9-4-5-10-18(16)11-6-12-19(14-18)17(21)22-13-15-7-2-1-3-8-15/h1-8,11,16,20H,9-10,12-14H2/t16-,18-/m0/s1. The Labute approximate surface area is 130 Å². The second-order valence-corrected chi connectivity index (χ2v) is 5.98. The molecule has 1 spiro atoms. The molecule has 1 aromatic rings. The van der Waals surface area contributed by atoms with Crippen molar-refractivity contribution >= 4 is 6.09 Å². The lowest BCUT2D eigenvalue weighted by atomic mass is 9.73. The van der Waals surface area contributed by atoms with E-state index in [1.807, 2.05) is 42.5 Å². The van der Waals surface area contributed by atoms with Gasteiger partial charge in [0.25, 0.3) is 0 Å². The SMILES string of the molecule is O=C(OCc1ccccc1)N1CC=C[C@@]2(CC=CC[C@@H]2O)C1. The molecule has 0 unspecified atom stereocenters. The van der Waals surface area contributed by atoms with Crippen LogP contribution in [0.15, 0.2) is 54.6 Å². The summed E-state index contributed by atoms with van der Waals surface area (Å²) in [6, 6.07) is 9.64. The van der Waals surface area contributed by atoms with Crippen molar-refractivity contribution in [3.05, 3.63) is 60.2 Å². The molecule has 1 aliphatic carbocycles. The molecule has 4 heteroatoms. The molecule has 2 aliphatic rings. The van der Waals surface area contributed by atoms with E-state index in [0.29, 0.717) is 19.5 Å². The van der Waals surface area contributed by atoms with Crippen molar-refractivity contribution in [1.29, 1.82) is 0 Å². The van der Waals surface area contributed by atoms with Crippen molar-refractivity contribution in [2.75, 3.05) is 13.1 Å². The molecule has 2 atom stereocenters. The molecule has 0 fully saturated rings. The zero-order chi connectivity index (χ0) is 15.4. The van der Waals surface area contributed by atoms with Gasteiger partial charge in [0.1, 0.15) is 6.61 Å². The summed E-state index contributed by atoms with van der Waals surface area (Å²) in [5, 5.41) is 10.3. The molecule has 1 heterocycles. The Morgan fingerprint density at radius 3 is 2.86 bits per heavy atom. The molecular formula is C18H21NO3. The van der Waals surface area contributed by atoms with Crippen LogP contribution in [0.25, 0.3) is 0 Å². The minimum Gasteiger partial charge on any atom is -0.445 e. The van der Waals surface area contributed by atoms with E-state index in [0.717, 1.165) is 12.0 Å². The highest BCUT2D eigenvalue weighted by atomic mass is 16.6. The van der Waals surface area contributed by atoms with Gasteiger partial charge in [0.2, 0.25) is 0 Å². The van der Waals surface area contributed by atoms with E-state index in [-0.39, 0.29) is 18.1 Å². The minimum atomic E-state index is -0.446. The highest BCUT2D eigenvalue weighted by Gasteiger charge is 2.40. The number of ether oxygens (including phenoxy) is 1. The summed E-state index contributed by atoms with van der Waals surface area (Å²) in [5.74, 6) is 0. The van der Waals surface area contributed by atoms with Crippen LogP contribution in [-0.2, 0) is 11.3 Å². The van der Waals surface area contributed by atoms with Crippen LogP contribution in [0.4, 0.5) is 4.79 Å². The number of nitrogens with zero attached hydrogens (tertiary/aromatic N) is 1. The van der Waals surface area contributed by atoms with Crippen LogP contribution in [0.2, 0.25) is 0 Å². The van der Waals surface area contributed by atoms with Crippen molar-refractivity contribution < 1.29 is 14.6 Å². The van der Waals surface area contributed by atoms with E-state index in [9.17, 15) is 9.90 Å². The largest absolute Gasteiger partial charge is 0.445 e. The first-order valence-corrected chi connectivity index (χ1v) is 7.66. The number of hydrogen-bond acceptors (Lipinski definition) is 3. The van der Waals surface area contributed by atoms with Gasteiger partial charge >= 0.3 is 6.09 Å². The molecule has 0 aromatic heterocycles. The van der Waals surface area contributed by atoms with Gasteiger partial charge in [0.15, 0.2) is 0 Å². The van der Waals surface area contributed by atoms with Crippen LogP contribution in [0.1, 0.15) is 18.4 Å². The highest BCUT2D eigenvalue weighted by molar-refractivity contribution is 5.68. The van der Waals surface area contributed by atoms with Gasteiger partial charge in [-0.05, 0) is 18.4 Å². The van der Waals surface area contributed by atoms with Crippen molar-refractivity contribution in [2.24, 2.45) is 5.41 Å². The second-order valence-electron chi connectivity index (χ2n) is 5.98. The quantitative estimate of drug-likeness (QED) is 0.854. The lowest BCUT2D eigenvalue weighted by Gasteiger charge is -2.42. The molecule has 1 N–H and O–H groups in total. The molecule has 0 radical (unpaired) electrons. The number of amides is 1. The summed E-state index contributed by atoms with van der Waals surface area (Å²) < 4.78 is 5.39. The Morgan fingerprint density at radius 1 is 1.27 bits per heavy atom. The van der Waals surface area contributed by atoms with Crippen LogP contribution >= 0.6 is 0 Å². The van der Waals surface area contributed by atoms with Crippen molar-refractivity contribution in [2.45, 2.75) is 25.6 Å². The van der Waals surface area contributed by atoms with E-state index >= 15 is 0 Å². The van der Waals surface area contributed by atoms with E-state index in [1.54, 1.807) is 4.90 Å². The molecule has 116 valence electrons. The smallest absolute Gasteiger partial charge is 0.410 e. The van der Waals surface area contributed by atoms with Gasteiger partial charge in [0.05, 0.1) is 6.10 Å². The summed E-state index contributed by atoms with van der Waals surface area (Å²) >= 11 is 0.